The quantitative estimate of drug-likeness (QED) is 0.254. The van der Waals surface area contributed by atoms with Crippen molar-refractivity contribution in [2.45, 2.75) is 104 Å². The number of unbranched alkanes of at least 4 members (excludes halogenated alkanes) is 1. The van der Waals surface area contributed by atoms with Gasteiger partial charge >= 0.3 is 15.0 Å². The van der Waals surface area contributed by atoms with E-state index in [0.717, 1.165) is 34.4 Å². The van der Waals surface area contributed by atoms with Gasteiger partial charge in [0.15, 0.2) is 0 Å². The van der Waals surface area contributed by atoms with E-state index in [9.17, 15) is 10.2 Å². The molecule has 0 amide bonds. The molecule has 0 unspecified atom stereocenters. The Labute approximate surface area is 249 Å². The Balaban J connectivity index is 1.86. The fraction of sp³-hybridized carbons (Fsp3) is 0.471. The van der Waals surface area contributed by atoms with Crippen molar-refractivity contribution in [2.75, 3.05) is 4.90 Å². The van der Waals surface area contributed by atoms with Crippen LogP contribution in [0.1, 0.15) is 80.7 Å². The van der Waals surface area contributed by atoms with Crippen LogP contribution in [0.25, 0.3) is 0 Å². The maximum atomic E-state index is 10.4. The third-order valence-electron chi connectivity index (χ3n) is 8.55. The molecule has 0 heterocycles. The topological polar surface area (TPSA) is 62.2 Å². The first-order valence-electron chi connectivity index (χ1n) is 14.8. The van der Waals surface area contributed by atoms with Crippen LogP contribution in [0, 0.1) is 0 Å². The Bertz CT molecular complexity index is 1150. The molecule has 0 spiro atoms. The highest BCUT2D eigenvalue weighted by molar-refractivity contribution is 6.47. The Morgan fingerprint density at radius 2 is 0.927 bits per heavy atom. The van der Waals surface area contributed by atoms with E-state index in [4.69, 9.17) is 9.31 Å². The molecule has 3 rings (SSSR count). The number of hydrogen-bond acceptors (Lipinski definition) is 5. The molecule has 0 bridgehead atoms. The van der Waals surface area contributed by atoms with Crippen molar-refractivity contribution in [1.29, 1.82) is 0 Å². The Kier molecular flexibility index (Phi) is 10.6. The summed E-state index contributed by atoms with van der Waals surface area (Å²) in [5, 5.41) is 20.9. The van der Waals surface area contributed by atoms with E-state index in [2.05, 4.69) is 84.6 Å². The minimum absolute atomic E-state index is 0.416. The zero-order chi connectivity index (χ0) is 30.5. The molecule has 41 heavy (non-hydrogen) atoms. The summed E-state index contributed by atoms with van der Waals surface area (Å²) in [7, 11) is 0.832. The van der Waals surface area contributed by atoms with Gasteiger partial charge in [-0.05, 0) is 110 Å². The smallest absolute Gasteiger partial charge is 0.309 e. The molecule has 0 saturated heterocycles. The predicted molar refractivity (Wildman–Crippen MR) is 176 cm³/mol. The highest BCUT2D eigenvalue weighted by Crippen LogP contribution is 2.34. The maximum absolute atomic E-state index is 10.4. The molecule has 7 heteroatoms. The van der Waals surface area contributed by atoms with Crippen LogP contribution in [0.5, 0.6) is 0 Å². The number of rotatable bonds is 14. The molecule has 0 radical (unpaired) electrons. The van der Waals surface area contributed by atoms with Gasteiger partial charge in [-0.2, -0.15) is 0 Å². The van der Waals surface area contributed by atoms with E-state index >= 15 is 0 Å². The van der Waals surface area contributed by atoms with Crippen LogP contribution in [0.3, 0.4) is 0 Å². The second-order valence-electron chi connectivity index (χ2n) is 13.2. The molecule has 220 valence electrons. The summed E-state index contributed by atoms with van der Waals surface area (Å²) in [6.07, 6.45) is 3.45. The lowest BCUT2D eigenvalue weighted by Gasteiger charge is -2.37. The lowest BCUT2D eigenvalue weighted by atomic mass is 9.82. The lowest BCUT2D eigenvalue weighted by molar-refractivity contribution is -0.0893. The molecule has 3 aromatic carbocycles. The van der Waals surface area contributed by atoms with Crippen LogP contribution in [-0.4, -0.2) is 47.6 Å². The van der Waals surface area contributed by atoms with E-state index in [-0.39, 0.29) is 0 Å². The summed E-state index contributed by atoms with van der Waals surface area (Å²) >= 11 is 0. The van der Waals surface area contributed by atoms with Crippen molar-refractivity contribution >= 4 is 43.0 Å². The van der Waals surface area contributed by atoms with Gasteiger partial charge in [0.2, 0.25) is 0 Å². The zero-order valence-electron chi connectivity index (χ0n) is 26.6. The molecule has 2 N–H and O–H groups in total. The largest absolute Gasteiger partial charge is 0.427 e. The fourth-order valence-electron chi connectivity index (χ4n) is 4.00. The molecule has 0 saturated carbocycles. The van der Waals surface area contributed by atoms with Gasteiger partial charge < -0.3 is 24.4 Å². The second-order valence-corrected chi connectivity index (χ2v) is 13.2. The molecule has 0 aliphatic carbocycles. The fourth-order valence-corrected chi connectivity index (χ4v) is 4.00. The molecule has 0 aliphatic rings. The van der Waals surface area contributed by atoms with Crippen molar-refractivity contribution in [1.82, 2.24) is 0 Å². The first-order chi connectivity index (χ1) is 19.0. The average Bonchev–Trinajstić information content (AvgIpc) is 2.90. The van der Waals surface area contributed by atoms with Crippen molar-refractivity contribution in [3.63, 3.8) is 0 Å². The molecule has 5 nitrogen and oxygen atoms in total. The van der Waals surface area contributed by atoms with Crippen molar-refractivity contribution in [2.24, 2.45) is 0 Å². The molecule has 3 aromatic rings. The van der Waals surface area contributed by atoms with E-state index in [1.54, 1.807) is 27.7 Å². The molecule has 0 aromatic heterocycles. The first-order valence-corrected chi connectivity index (χ1v) is 14.8. The highest BCUT2D eigenvalue weighted by atomic mass is 16.5. The Hall–Kier alpha value is -2.57. The van der Waals surface area contributed by atoms with Crippen molar-refractivity contribution in [3.05, 3.63) is 78.4 Å². The number of aryl methyl sites for hydroxylation is 1. The summed E-state index contributed by atoms with van der Waals surface area (Å²) < 4.78 is 12.2. The molecular formula is C34H49B2NO4. The summed E-state index contributed by atoms with van der Waals surface area (Å²) in [6.45, 7) is 16.9. The maximum Gasteiger partial charge on any atom is 0.309 e. The molecule has 0 aliphatic heterocycles. The number of aliphatic hydroxyl groups is 2. The van der Waals surface area contributed by atoms with Crippen LogP contribution in [0.4, 0.5) is 17.1 Å². The highest BCUT2D eigenvalue weighted by Gasteiger charge is 2.36. The number of anilines is 3. The minimum atomic E-state index is -0.950. The number of nitrogens with zero attached hydrogens (tertiary/aromatic N) is 1. The van der Waals surface area contributed by atoms with Crippen LogP contribution < -0.4 is 15.8 Å². The van der Waals surface area contributed by atoms with Gasteiger partial charge in [-0.1, -0.05) is 60.7 Å². The van der Waals surface area contributed by atoms with Crippen molar-refractivity contribution < 1.29 is 19.5 Å². The first kappa shape index (κ1) is 32.9. The average molecular weight is 557 g/mol. The van der Waals surface area contributed by atoms with E-state index in [0.29, 0.717) is 15.0 Å². The normalized spacial score (nSPS) is 12.8. The van der Waals surface area contributed by atoms with E-state index in [1.165, 1.54) is 18.4 Å². The Morgan fingerprint density at radius 3 is 1.24 bits per heavy atom. The van der Waals surface area contributed by atoms with Crippen LogP contribution >= 0.6 is 0 Å². The Morgan fingerprint density at radius 1 is 0.585 bits per heavy atom. The van der Waals surface area contributed by atoms with Crippen LogP contribution in [0.2, 0.25) is 0 Å². The van der Waals surface area contributed by atoms with Gasteiger partial charge in [0.1, 0.15) is 0 Å². The number of hydrogen-bond donors (Lipinski definition) is 2. The van der Waals surface area contributed by atoms with E-state index < -0.39 is 22.4 Å². The summed E-state index contributed by atoms with van der Waals surface area (Å²) in [4.78, 5) is 2.25. The van der Waals surface area contributed by atoms with Gasteiger partial charge in [0, 0.05) is 17.1 Å². The third-order valence-corrected chi connectivity index (χ3v) is 8.55. The molecular weight excluding hydrogens is 508 g/mol. The molecule has 0 atom stereocenters. The summed E-state index contributed by atoms with van der Waals surface area (Å²) in [5.41, 5.74) is 3.36. The monoisotopic (exact) mass is 557 g/mol. The summed E-state index contributed by atoms with van der Waals surface area (Å²) in [5.74, 6) is 0. The summed E-state index contributed by atoms with van der Waals surface area (Å²) in [6, 6.07) is 25.6. The SMILES string of the molecule is CCCCc1ccc(N(c2ccc(BOC(C)(C)C(C)(C)O)cc2)c2ccc(BOC(C)(C)C(C)(C)O)cc2)cc1. The molecule has 0 fully saturated rings. The van der Waals surface area contributed by atoms with Crippen LogP contribution in [0.15, 0.2) is 72.8 Å². The third kappa shape index (κ3) is 8.71. The second kappa shape index (κ2) is 13.2. The standard InChI is InChI=1S/C34H49B2NO4/c1-10-11-12-25-13-19-28(20-14-25)37(29-21-15-26(16-22-29)35-40-33(6,7)31(2,3)38)30-23-17-27(18-24-30)36-41-34(8,9)32(4,5)39/h13-24,35-36,38-39H,10-12H2,1-9H3. The predicted octanol–water partition coefficient (Wildman–Crippen LogP) is 5.58. The van der Waals surface area contributed by atoms with Gasteiger partial charge in [0.05, 0.1) is 22.4 Å². The minimum Gasteiger partial charge on any atom is -0.427 e. The van der Waals surface area contributed by atoms with Gasteiger partial charge in [-0.15, -0.1) is 0 Å². The lowest BCUT2D eigenvalue weighted by Crippen LogP contribution is -2.49. The number of benzene rings is 3. The van der Waals surface area contributed by atoms with E-state index in [1.807, 2.05) is 27.7 Å². The van der Waals surface area contributed by atoms with Crippen LogP contribution in [-0.2, 0) is 15.7 Å². The van der Waals surface area contributed by atoms with Gasteiger partial charge in [-0.3, -0.25) is 0 Å². The van der Waals surface area contributed by atoms with Gasteiger partial charge in [0.25, 0.3) is 0 Å². The van der Waals surface area contributed by atoms with Crippen molar-refractivity contribution in [3.8, 4) is 0 Å². The zero-order valence-corrected chi connectivity index (χ0v) is 26.6. The van der Waals surface area contributed by atoms with Gasteiger partial charge in [-0.25, -0.2) is 0 Å².